The van der Waals surface area contributed by atoms with E-state index in [2.05, 4.69) is 15.3 Å². The zero-order chi connectivity index (χ0) is 31.9. The number of benzene rings is 2. The molecule has 1 saturated heterocycles. The highest BCUT2D eigenvalue weighted by Gasteiger charge is 2.29. The summed E-state index contributed by atoms with van der Waals surface area (Å²) >= 11 is 5.98. The first-order chi connectivity index (χ1) is 21.1. The van der Waals surface area contributed by atoms with Gasteiger partial charge in [0.1, 0.15) is 17.5 Å². The minimum absolute atomic E-state index is 0.0165. The van der Waals surface area contributed by atoms with Crippen molar-refractivity contribution in [2.45, 2.75) is 51.0 Å². The molecular formula is C30H37ClN6O6S. The van der Waals surface area contributed by atoms with E-state index in [4.69, 9.17) is 16.3 Å². The molecule has 1 amide bonds. The number of hydrogen-bond acceptors (Lipinski definition) is 9. The Labute approximate surface area is 262 Å². The van der Waals surface area contributed by atoms with Gasteiger partial charge in [-0.15, -0.1) is 0 Å². The van der Waals surface area contributed by atoms with E-state index >= 15 is 0 Å². The lowest BCUT2D eigenvalue weighted by Crippen LogP contribution is -2.36. The Kier molecular flexibility index (Phi) is 10.9. The maximum atomic E-state index is 13.7. The van der Waals surface area contributed by atoms with Crippen LogP contribution in [0.15, 0.2) is 59.6 Å². The Morgan fingerprint density at radius 2 is 1.66 bits per heavy atom. The van der Waals surface area contributed by atoms with Crippen molar-refractivity contribution in [3.8, 4) is 5.75 Å². The van der Waals surface area contributed by atoms with Gasteiger partial charge in [-0.25, -0.2) is 23.0 Å². The second-order valence-electron chi connectivity index (χ2n) is 10.1. The largest absolute Gasteiger partial charge is 0.480 e. The topological polar surface area (TPSA) is 145 Å². The molecule has 2 aromatic carbocycles. The zero-order valence-corrected chi connectivity index (χ0v) is 26.5. The third kappa shape index (κ3) is 7.69. The van der Waals surface area contributed by atoms with Crippen LogP contribution in [0, 0.1) is 0 Å². The van der Waals surface area contributed by atoms with E-state index in [1.165, 1.54) is 30.5 Å². The third-order valence-electron chi connectivity index (χ3n) is 7.30. The number of carboxylic acids is 1. The van der Waals surface area contributed by atoms with Crippen LogP contribution in [0.1, 0.15) is 39.2 Å². The Morgan fingerprint density at radius 3 is 2.23 bits per heavy atom. The van der Waals surface area contributed by atoms with Crippen LogP contribution in [0.5, 0.6) is 5.75 Å². The van der Waals surface area contributed by atoms with Crippen molar-refractivity contribution in [3.63, 3.8) is 0 Å². The molecule has 0 radical (unpaired) electrons. The Hall–Kier alpha value is -4.10. The van der Waals surface area contributed by atoms with Crippen LogP contribution in [0.4, 0.5) is 22.2 Å². The van der Waals surface area contributed by atoms with Crippen molar-refractivity contribution in [2.24, 2.45) is 0 Å². The minimum Gasteiger partial charge on any atom is -0.480 e. The summed E-state index contributed by atoms with van der Waals surface area (Å²) in [7, 11) is -4.07. The number of carbonyl (C=O) groups excluding carboxylic acids is 1. The average molecular weight is 645 g/mol. The molecule has 0 bridgehead atoms. The monoisotopic (exact) mass is 644 g/mol. The molecule has 2 heterocycles. The molecule has 1 aromatic heterocycles. The fraction of sp³-hybridized carbons (Fsp3) is 0.400. The molecule has 2 N–H and O–H groups in total. The van der Waals surface area contributed by atoms with E-state index in [0.717, 1.165) is 17.1 Å². The van der Waals surface area contributed by atoms with E-state index in [9.17, 15) is 23.1 Å². The quantitative estimate of drug-likeness (QED) is 0.264. The van der Waals surface area contributed by atoms with E-state index in [1.54, 1.807) is 36.1 Å². The Bertz CT molecular complexity index is 1550. The van der Waals surface area contributed by atoms with Gasteiger partial charge in [0.25, 0.3) is 10.0 Å². The van der Waals surface area contributed by atoms with Crippen LogP contribution >= 0.6 is 11.6 Å². The highest BCUT2D eigenvalue weighted by atomic mass is 35.5. The van der Waals surface area contributed by atoms with Crippen LogP contribution in [-0.2, 0) is 21.2 Å². The summed E-state index contributed by atoms with van der Waals surface area (Å²) in [6, 6.07) is 11.2. The number of sulfonamides is 1. The molecule has 0 spiro atoms. The highest BCUT2D eigenvalue weighted by molar-refractivity contribution is 7.92. The standard InChI is InChI=1S/C30H37ClN6O6S/c1-4-35(5-2)29-32-20-26(37(6-3)44(41,42)24-15-11-22(31)12-16-24)27(34-29)33-25(28(38)39)19-21-9-13-23(14-10-21)43-30(40)36-17-7-8-18-36/h9-16,20,25H,4-8,17-19H2,1-3H3,(H,38,39)(H,32,33,34)/t25-/m1/s1. The lowest BCUT2D eigenvalue weighted by atomic mass is 10.1. The summed E-state index contributed by atoms with van der Waals surface area (Å²) < 4.78 is 34.0. The van der Waals surface area contributed by atoms with E-state index in [1.807, 2.05) is 18.7 Å². The number of halogens is 1. The number of aromatic nitrogens is 2. The summed E-state index contributed by atoms with van der Waals surface area (Å²) in [5, 5.41) is 13.5. The molecule has 4 rings (SSSR count). The van der Waals surface area contributed by atoms with E-state index < -0.39 is 28.1 Å². The predicted octanol–water partition coefficient (Wildman–Crippen LogP) is 4.89. The van der Waals surface area contributed by atoms with Crippen molar-refractivity contribution >= 4 is 51.1 Å². The number of likely N-dealkylation sites (tertiary alicyclic amines) is 1. The van der Waals surface area contributed by atoms with E-state index in [0.29, 0.717) is 48.5 Å². The first-order valence-corrected chi connectivity index (χ1v) is 16.3. The van der Waals surface area contributed by atoms with Crippen molar-refractivity contribution in [3.05, 3.63) is 65.3 Å². The number of anilines is 3. The molecule has 14 heteroatoms. The maximum absolute atomic E-state index is 13.7. The van der Waals surface area contributed by atoms with Crippen molar-refractivity contribution in [2.75, 3.05) is 47.2 Å². The molecule has 12 nitrogen and oxygen atoms in total. The lowest BCUT2D eigenvalue weighted by Gasteiger charge is -2.27. The van der Waals surface area contributed by atoms with E-state index in [-0.39, 0.29) is 29.4 Å². The summed E-state index contributed by atoms with van der Waals surface area (Å²) in [6.07, 6.45) is 2.92. The molecule has 0 saturated carbocycles. The SMILES string of the molecule is CCN(CC)c1ncc(N(CC)S(=O)(=O)c2ccc(Cl)cc2)c(N[C@H](Cc2ccc(OC(=O)N3CCCC3)cc2)C(=O)O)n1. The van der Waals surface area contributed by atoms with Crippen LogP contribution in [-0.4, -0.2) is 79.2 Å². The molecule has 0 aliphatic carbocycles. The van der Waals surface area contributed by atoms with Gasteiger partial charge in [0.15, 0.2) is 5.82 Å². The fourth-order valence-electron chi connectivity index (χ4n) is 4.88. The van der Waals surface area contributed by atoms with Gasteiger partial charge in [0.05, 0.1) is 11.1 Å². The van der Waals surface area contributed by atoms with Gasteiger partial charge in [0, 0.05) is 44.2 Å². The molecule has 0 unspecified atom stereocenters. The third-order valence-corrected chi connectivity index (χ3v) is 9.46. The van der Waals surface area contributed by atoms with Gasteiger partial charge in [-0.05, 0) is 75.6 Å². The van der Waals surface area contributed by atoms with Crippen LogP contribution in [0.2, 0.25) is 5.02 Å². The molecule has 236 valence electrons. The van der Waals surface area contributed by atoms with Gasteiger partial charge >= 0.3 is 12.1 Å². The number of nitrogens with zero attached hydrogens (tertiary/aromatic N) is 5. The number of aliphatic carboxylic acids is 1. The second-order valence-corrected chi connectivity index (χ2v) is 12.4. The first-order valence-electron chi connectivity index (χ1n) is 14.5. The Morgan fingerprint density at radius 1 is 1.02 bits per heavy atom. The minimum atomic E-state index is -4.07. The molecule has 1 aliphatic rings. The second kappa shape index (κ2) is 14.6. The molecular weight excluding hydrogens is 608 g/mol. The zero-order valence-electron chi connectivity index (χ0n) is 24.9. The van der Waals surface area contributed by atoms with Crippen molar-refractivity contribution in [1.29, 1.82) is 0 Å². The van der Waals surface area contributed by atoms with Gasteiger partial charge in [-0.1, -0.05) is 23.7 Å². The molecule has 1 atom stereocenters. The summed E-state index contributed by atoms with van der Waals surface area (Å²) in [4.78, 5) is 37.4. The normalized spacial score (nSPS) is 13.8. The lowest BCUT2D eigenvalue weighted by molar-refractivity contribution is -0.137. The van der Waals surface area contributed by atoms with Crippen LogP contribution in [0.3, 0.4) is 0 Å². The smallest absolute Gasteiger partial charge is 0.415 e. The number of carboxylic acid groups (broad SMARTS) is 1. The highest BCUT2D eigenvalue weighted by Crippen LogP contribution is 2.31. The fourth-order valence-corrected chi connectivity index (χ4v) is 6.47. The van der Waals surface area contributed by atoms with Gasteiger partial charge in [-0.2, -0.15) is 4.98 Å². The van der Waals surface area contributed by atoms with Crippen molar-refractivity contribution in [1.82, 2.24) is 14.9 Å². The number of ether oxygens (including phenoxy) is 1. The van der Waals surface area contributed by atoms with Gasteiger partial charge in [0.2, 0.25) is 5.95 Å². The van der Waals surface area contributed by atoms with Crippen LogP contribution in [0.25, 0.3) is 0 Å². The number of amides is 1. The van der Waals surface area contributed by atoms with Crippen molar-refractivity contribution < 1.29 is 27.9 Å². The summed E-state index contributed by atoms with van der Waals surface area (Å²) in [6.45, 7) is 8.08. The first kappa shape index (κ1) is 32.8. The molecule has 1 fully saturated rings. The van der Waals surface area contributed by atoms with Gasteiger partial charge in [-0.3, -0.25) is 4.31 Å². The average Bonchev–Trinajstić information content (AvgIpc) is 3.55. The molecule has 3 aromatic rings. The number of rotatable bonds is 13. The molecule has 44 heavy (non-hydrogen) atoms. The Balaban J connectivity index is 1.63. The molecule has 1 aliphatic heterocycles. The van der Waals surface area contributed by atoms with Gasteiger partial charge < -0.3 is 25.0 Å². The maximum Gasteiger partial charge on any atom is 0.415 e. The summed E-state index contributed by atoms with van der Waals surface area (Å²) in [5.74, 6) is -0.412. The number of carbonyl (C=O) groups is 2. The number of nitrogens with one attached hydrogen (secondary N) is 1. The van der Waals surface area contributed by atoms with Crippen LogP contribution < -0.4 is 19.3 Å². The predicted molar refractivity (Wildman–Crippen MR) is 169 cm³/mol. The number of hydrogen-bond donors (Lipinski definition) is 2. The summed E-state index contributed by atoms with van der Waals surface area (Å²) in [5.41, 5.74) is 0.764.